The summed E-state index contributed by atoms with van der Waals surface area (Å²) in [6.07, 6.45) is 1.65. The quantitative estimate of drug-likeness (QED) is 0.844. The molecule has 0 spiro atoms. The fourth-order valence-electron chi connectivity index (χ4n) is 2.24. The Morgan fingerprint density at radius 1 is 1.17 bits per heavy atom. The van der Waals surface area contributed by atoms with Gasteiger partial charge >= 0.3 is 0 Å². The number of carbonyl (C=O) groups excluding carboxylic acids is 2. The summed E-state index contributed by atoms with van der Waals surface area (Å²) in [5.41, 5.74) is 1.14. The first-order chi connectivity index (χ1) is 11.6. The van der Waals surface area contributed by atoms with Gasteiger partial charge in [-0.05, 0) is 23.8 Å². The molecule has 24 heavy (non-hydrogen) atoms. The molecular formula is C18H20FN3O2. The van der Waals surface area contributed by atoms with Crippen molar-refractivity contribution in [2.45, 2.75) is 19.9 Å². The lowest BCUT2D eigenvalue weighted by molar-refractivity contribution is -0.130. The van der Waals surface area contributed by atoms with Crippen LogP contribution in [0.4, 0.5) is 4.39 Å². The third-order valence-corrected chi connectivity index (χ3v) is 3.54. The molecule has 2 amide bonds. The molecular weight excluding hydrogens is 309 g/mol. The standard InChI is InChI=1S/C18H20FN3O2/c1-14(23)22(13-16-7-4-5-9-20-16)11-10-21-18(24)12-15-6-2-3-8-17(15)19/h2-9H,10-13H2,1H3,(H,21,24). The van der Waals surface area contributed by atoms with Crippen molar-refractivity contribution >= 4 is 11.8 Å². The van der Waals surface area contributed by atoms with E-state index in [0.717, 1.165) is 5.69 Å². The maximum atomic E-state index is 13.5. The lowest BCUT2D eigenvalue weighted by Crippen LogP contribution is -2.37. The second-order valence-corrected chi connectivity index (χ2v) is 5.38. The third kappa shape index (κ3) is 5.46. The van der Waals surface area contributed by atoms with Gasteiger partial charge in [0.2, 0.25) is 11.8 Å². The first-order valence-corrected chi connectivity index (χ1v) is 7.72. The minimum atomic E-state index is -0.395. The second-order valence-electron chi connectivity index (χ2n) is 5.38. The number of halogens is 1. The molecule has 0 saturated heterocycles. The molecule has 2 rings (SSSR count). The molecule has 1 aromatic heterocycles. The SMILES string of the molecule is CC(=O)N(CCNC(=O)Cc1ccccc1F)Cc1ccccn1. The van der Waals surface area contributed by atoms with Crippen LogP contribution in [0.15, 0.2) is 48.7 Å². The minimum absolute atomic E-state index is 0.0208. The number of pyridine rings is 1. The Hall–Kier alpha value is -2.76. The van der Waals surface area contributed by atoms with E-state index >= 15 is 0 Å². The summed E-state index contributed by atoms with van der Waals surface area (Å²) in [4.78, 5) is 29.4. The van der Waals surface area contributed by atoms with E-state index in [9.17, 15) is 14.0 Å². The Labute approximate surface area is 140 Å². The van der Waals surface area contributed by atoms with Gasteiger partial charge in [-0.2, -0.15) is 0 Å². The molecule has 6 heteroatoms. The zero-order valence-corrected chi connectivity index (χ0v) is 13.5. The van der Waals surface area contributed by atoms with Gasteiger partial charge in [-0.1, -0.05) is 24.3 Å². The summed E-state index contributed by atoms with van der Waals surface area (Å²) in [7, 11) is 0. The van der Waals surface area contributed by atoms with Crippen LogP contribution < -0.4 is 5.32 Å². The van der Waals surface area contributed by atoms with Crippen LogP contribution in [-0.2, 0) is 22.6 Å². The van der Waals surface area contributed by atoms with E-state index in [0.29, 0.717) is 25.2 Å². The highest BCUT2D eigenvalue weighted by Gasteiger charge is 2.11. The van der Waals surface area contributed by atoms with Crippen molar-refractivity contribution in [3.63, 3.8) is 0 Å². The molecule has 0 fully saturated rings. The Kier molecular flexibility index (Phi) is 6.42. The van der Waals surface area contributed by atoms with Gasteiger partial charge in [0.1, 0.15) is 5.82 Å². The maximum absolute atomic E-state index is 13.5. The number of hydrogen-bond acceptors (Lipinski definition) is 3. The molecule has 0 saturated carbocycles. The molecule has 0 radical (unpaired) electrons. The van der Waals surface area contributed by atoms with Crippen LogP contribution in [0.25, 0.3) is 0 Å². The predicted octanol–water partition coefficient (Wildman–Crippen LogP) is 1.93. The smallest absolute Gasteiger partial charge is 0.224 e. The van der Waals surface area contributed by atoms with Gasteiger partial charge in [0.05, 0.1) is 18.7 Å². The zero-order valence-electron chi connectivity index (χ0n) is 13.5. The van der Waals surface area contributed by atoms with Gasteiger partial charge in [0, 0.05) is 26.2 Å². The maximum Gasteiger partial charge on any atom is 0.224 e. The molecule has 5 nitrogen and oxygen atoms in total. The van der Waals surface area contributed by atoms with E-state index < -0.39 is 5.82 Å². The number of nitrogens with zero attached hydrogens (tertiary/aromatic N) is 2. The average molecular weight is 329 g/mol. The van der Waals surface area contributed by atoms with Crippen molar-refractivity contribution in [1.29, 1.82) is 0 Å². The molecule has 0 aliphatic rings. The molecule has 2 aromatic rings. The van der Waals surface area contributed by atoms with E-state index in [1.807, 2.05) is 18.2 Å². The van der Waals surface area contributed by atoms with Gasteiger partial charge in [0.25, 0.3) is 0 Å². The Balaban J connectivity index is 1.81. The highest BCUT2D eigenvalue weighted by Crippen LogP contribution is 2.06. The van der Waals surface area contributed by atoms with Gasteiger partial charge in [-0.25, -0.2) is 4.39 Å². The second kappa shape index (κ2) is 8.76. The molecule has 1 aromatic carbocycles. The van der Waals surface area contributed by atoms with Crippen LogP contribution in [0.1, 0.15) is 18.2 Å². The summed E-state index contributed by atoms with van der Waals surface area (Å²) in [6.45, 7) is 2.54. The predicted molar refractivity (Wildman–Crippen MR) is 88.4 cm³/mol. The Morgan fingerprint density at radius 3 is 2.58 bits per heavy atom. The van der Waals surface area contributed by atoms with Crippen LogP contribution in [-0.4, -0.2) is 34.8 Å². The van der Waals surface area contributed by atoms with Crippen molar-refractivity contribution in [2.75, 3.05) is 13.1 Å². The third-order valence-electron chi connectivity index (χ3n) is 3.54. The summed E-state index contributed by atoms with van der Waals surface area (Å²) in [5, 5.41) is 2.71. The molecule has 1 N–H and O–H groups in total. The van der Waals surface area contributed by atoms with Crippen LogP contribution in [0, 0.1) is 5.82 Å². The number of amides is 2. The first-order valence-electron chi connectivity index (χ1n) is 7.72. The van der Waals surface area contributed by atoms with Crippen LogP contribution >= 0.6 is 0 Å². The Morgan fingerprint density at radius 2 is 1.92 bits per heavy atom. The molecule has 0 aliphatic carbocycles. The lowest BCUT2D eigenvalue weighted by Gasteiger charge is -2.20. The summed E-state index contributed by atoms with van der Waals surface area (Å²) < 4.78 is 13.5. The summed E-state index contributed by atoms with van der Waals surface area (Å²) >= 11 is 0. The van der Waals surface area contributed by atoms with E-state index in [2.05, 4.69) is 10.3 Å². The number of rotatable bonds is 7. The Bertz CT molecular complexity index is 692. The number of carbonyl (C=O) groups is 2. The van der Waals surface area contributed by atoms with E-state index in [1.165, 1.54) is 13.0 Å². The fraction of sp³-hybridized carbons (Fsp3) is 0.278. The number of aromatic nitrogens is 1. The minimum Gasteiger partial charge on any atom is -0.354 e. The van der Waals surface area contributed by atoms with Crippen LogP contribution in [0.3, 0.4) is 0 Å². The van der Waals surface area contributed by atoms with E-state index in [1.54, 1.807) is 29.3 Å². The molecule has 0 atom stereocenters. The zero-order chi connectivity index (χ0) is 17.4. The monoisotopic (exact) mass is 329 g/mol. The first kappa shape index (κ1) is 17.6. The van der Waals surface area contributed by atoms with Gasteiger partial charge in [0.15, 0.2) is 0 Å². The molecule has 1 heterocycles. The number of nitrogens with one attached hydrogen (secondary N) is 1. The van der Waals surface area contributed by atoms with Gasteiger partial charge in [-0.3, -0.25) is 14.6 Å². The van der Waals surface area contributed by atoms with Crippen molar-refractivity contribution in [3.05, 3.63) is 65.7 Å². The lowest BCUT2D eigenvalue weighted by atomic mass is 10.1. The average Bonchev–Trinajstić information content (AvgIpc) is 2.57. The highest BCUT2D eigenvalue weighted by atomic mass is 19.1. The molecule has 0 bridgehead atoms. The normalized spacial score (nSPS) is 10.2. The van der Waals surface area contributed by atoms with Crippen molar-refractivity contribution < 1.29 is 14.0 Å². The van der Waals surface area contributed by atoms with Gasteiger partial charge in [-0.15, -0.1) is 0 Å². The molecule has 126 valence electrons. The fourth-order valence-corrected chi connectivity index (χ4v) is 2.24. The molecule has 0 unspecified atom stereocenters. The van der Waals surface area contributed by atoms with Crippen molar-refractivity contribution in [2.24, 2.45) is 0 Å². The number of benzene rings is 1. The van der Waals surface area contributed by atoms with Gasteiger partial charge < -0.3 is 10.2 Å². The largest absolute Gasteiger partial charge is 0.354 e. The topological polar surface area (TPSA) is 62.3 Å². The van der Waals surface area contributed by atoms with E-state index in [-0.39, 0.29) is 18.2 Å². The molecule has 0 aliphatic heterocycles. The summed E-state index contributed by atoms with van der Waals surface area (Å²) in [6, 6.07) is 11.7. The van der Waals surface area contributed by atoms with Crippen molar-refractivity contribution in [3.8, 4) is 0 Å². The van der Waals surface area contributed by atoms with Crippen LogP contribution in [0.2, 0.25) is 0 Å². The van der Waals surface area contributed by atoms with Crippen molar-refractivity contribution in [1.82, 2.24) is 15.2 Å². The number of hydrogen-bond donors (Lipinski definition) is 1. The summed E-state index contributed by atoms with van der Waals surface area (Å²) in [5.74, 6) is -0.765. The van der Waals surface area contributed by atoms with E-state index in [4.69, 9.17) is 0 Å². The highest BCUT2D eigenvalue weighted by molar-refractivity contribution is 5.78. The van der Waals surface area contributed by atoms with Crippen LogP contribution in [0.5, 0.6) is 0 Å².